The highest BCUT2D eigenvalue weighted by molar-refractivity contribution is 5.64. The minimum atomic E-state index is 0.706. The van der Waals surface area contributed by atoms with Crippen molar-refractivity contribution in [3.8, 4) is 11.1 Å². The molecule has 0 saturated carbocycles. The number of aryl methyl sites for hydroxylation is 1. The van der Waals surface area contributed by atoms with Crippen molar-refractivity contribution in [1.29, 1.82) is 0 Å². The van der Waals surface area contributed by atoms with Crippen molar-refractivity contribution < 1.29 is 4.74 Å². The molecule has 0 saturated heterocycles. The molecule has 0 spiro atoms. The molecule has 0 N–H and O–H groups in total. The number of ether oxygens (including phenoxy) is 1. The Hall–Kier alpha value is -1.87. The lowest BCUT2D eigenvalue weighted by Crippen LogP contribution is -2.22. The summed E-state index contributed by atoms with van der Waals surface area (Å²) in [6.45, 7) is 3.65. The average Bonchev–Trinajstić information content (AvgIpc) is 2.45. The number of nitrogens with zero attached hydrogens (tertiary/aromatic N) is 2. The molecule has 0 bridgehead atoms. The molecule has 0 unspecified atom stereocenters. The quantitative estimate of drug-likeness (QED) is 0.821. The van der Waals surface area contributed by atoms with Crippen LogP contribution in [0.3, 0.4) is 0 Å². The lowest BCUT2D eigenvalue weighted by Gasteiger charge is -2.17. The first kappa shape index (κ1) is 13.6. The normalized spacial score (nSPS) is 10.5. The molecule has 3 heteroatoms. The van der Waals surface area contributed by atoms with Gasteiger partial charge in [-0.1, -0.05) is 29.8 Å². The summed E-state index contributed by atoms with van der Waals surface area (Å²) in [5.41, 5.74) is 3.62. The SMILES string of the molecule is COCCN(C)c1ccc(-c2cccc(C)c2)cn1. The van der Waals surface area contributed by atoms with Gasteiger partial charge >= 0.3 is 0 Å². The lowest BCUT2D eigenvalue weighted by molar-refractivity contribution is 0.206. The molecule has 100 valence electrons. The van der Waals surface area contributed by atoms with Gasteiger partial charge in [0.05, 0.1) is 6.61 Å². The van der Waals surface area contributed by atoms with Gasteiger partial charge in [0.1, 0.15) is 5.82 Å². The van der Waals surface area contributed by atoms with Crippen LogP contribution in [-0.2, 0) is 4.74 Å². The molecular weight excluding hydrogens is 236 g/mol. The van der Waals surface area contributed by atoms with Crippen LogP contribution in [0, 0.1) is 6.92 Å². The number of pyridine rings is 1. The smallest absolute Gasteiger partial charge is 0.128 e. The molecule has 0 amide bonds. The van der Waals surface area contributed by atoms with Crippen LogP contribution < -0.4 is 4.90 Å². The molecule has 0 radical (unpaired) electrons. The number of hydrogen-bond acceptors (Lipinski definition) is 3. The zero-order valence-corrected chi connectivity index (χ0v) is 11.8. The van der Waals surface area contributed by atoms with Crippen molar-refractivity contribution in [2.24, 2.45) is 0 Å². The Balaban J connectivity index is 2.14. The maximum atomic E-state index is 5.07. The number of hydrogen-bond donors (Lipinski definition) is 0. The fourth-order valence-corrected chi connectivity index (χ4v) is 1.95. The largest absolute Gasteiger partial charge is 0.383 e. The molecular formula is C16H20N2O. The maximum absolute atomic E-state index is 5.07. The Bertz CT molecular complexity index is 523. The van der Waals surface area contributed by atoms with E-state index >= 15 is 0 Å². The van der Waals surface area contributed by atoms with Gasteiger partial charge in [0.25, 0.3) is 0 Å². The summed E-state index contributed by atoms with van der Waals surface area (Å²) in [6, 6.07) is 12.6. The first-order valence-electron chi connectivity index (χ1n) is 6.44. The van der Waals surface area contributed by atoms with E-state index in [1.807, 2.05) is 19.3 Å². The fourth-order valence-electron chi connectivity index (χ4n) is 1.95. The predicted octanol–water partition coefficient (Wildman–Crippen LogP) is 3.14. The summed E-state index contributed by atoms with van der Waals surface area (Å²) < 4.78 is 5.07. The van der Waals surface area contributed by atoms with Crippen LogP contribution in [0.1, 0.15) is 5.56 Å². The van der Waals surface area contributed by atoms with E-state index in [1.165, 1.54) is 11.1 Å². The van der Waals surface area contributed by atoms with E-state index in [2.05, 4.69) is 47.1 Å². The lowest BCUT2D eigenvalue weighted by atomic mass is 10.1. The number of likely N-dealkylation sites (N-methyl/N-ethyl adjacent to an activating group) is 1. The van der Waals surface area contributed by atoms with Gasteiger partial charge in [0.2, 0.25) is 0 Å². The first-order chi connectivity index (χ1) is 9.20. The van der Waals surface area contributed by atoms with Crippen LogP contribution in [0.2, 0.25) is 0 Å². The maximum Gasteiger partial charge on any atom is 0.128 e. The van der Waals surface area contributed by atoms with Crippen LogP contribution in [-0.4, -0.2) is 32.3 Å². The van der Waals surface area contributed by atoms with Crippen molar-refractivity contribution in [1.82, 2.24) is 4.98 Å². The zero-order valence-electron chi connectivity index (χ0n) is 11.8. The molecule has 3 nitrogen and oxygen atoms in total. The molecule has 1 heterocycles. The second-order valence-electron chi connectivity index (χ2n) is 4.69. The van der Waals surface area contributed by atoms with Crippen LogP contribution >= 0.6 is 0 Å². The van der Waals surface area contributed by atoms with Crippen molar-refractivity contribution >= 4 is 5.82 Å². The fraction of sp³-hybridized carbons (Fsp3) is 0.312. The molecule has 2 rings (SSSR count). The summed E-state index contributed by atoms with van der Waals surface area (Å²) in [6.07, 6.45) is 1.92. The third kappa shape index (κ3) is 3.55. The molecule has 0 aliphatic carbocycles. The van der Waals surface area contributed by atoms with E-state index < -0.39 is 0 Å². The summed E-state index contributed by atoms with van der Waals surface area (Å²) in [5.74, 6) is 0.966. The summed E-state index contributed by atoms with van der Waals surface area (Å²) >= 11 is 0. The van der Waals surface area contributed by atoms with Crippen LogP contribution in [0.25, 0.3) is 11.1 Å². The highest BCUT2D eigenvalue weighted by atomic mass is 16.5. The summed E-state index contributed by atoms with van der Waals surface area (Å²) in [4.78, 5) is 6.59. The Morgan fingerprint density at radius 2 is 2.00 bits per heavy atom. The van der Waals surface area contributed by atoms with Crippen LogP contribution in [0.5, 0.6) is 0 Å². The second kappa shape index (κ2) is 6.34. The Labute approximate surface area is 114 Å². The van der Waals surface area contributed by atoms with E-state index in [-0.39, 0.29) is 0 Å². The van der Waals surface area contributed by atoms with E-state index in [9.17, 15) is 0 Å². The number of aromatic nitrogens is 1. The molecule has 1 aromatic heterocycles. The number of rotatable bonds is 5. The minimum Gasteiger partial charge on any atom is -0.383 e. The molecule has 19 heavy (non-hydrogen) atoms. The highest BCUT2D eigenvalue weighted by Gasteiger charge is 2.03. The van der Waals surface area contributed by atoms with Gasteiger partial charge in [-0.05, 0) is 24.6 Å². The van der Waals surface area contributed by atoms with E-state index in [1.54, 1.807) is 7.11 Å². The molecule has 1 aromatic carbocycles. The van der Waals surface area contributed by atoms with Gasteiger partial charge in [-0.25, -0.2) is 4.98 Å². The third-order valence-electron chi connectivity index (χ3n) is 3.12. The number of methoxy groups -OCH3 is 1. The van der Waals surface area contributed by atoms with Gasteiger partial charge in [0, 0.05) is 32.5 Å². The average molecular weight is 256 g/mol. The van der Waals surface area contributed by atoms with Gasteiger partial charge in [0.15, 0.2) is 0 Å². The van der Waals surface area contributed by atoms with Gasteiger partial charge in [-0.15, -0.1) is 0 Å². The Morgan fingerprint density at radius 1 is 1.16 bits per heavy atom. The number of anilines is 1. The van der Waals surface area contributed by atoms with Crippen molar-refractivity contribution in [3.05, 3.63) is 48.2 Å². The Morgan fingerprint density at radius 3 is 2.63 bits per heavy atom. The van der Waals surface area contributed by atoms with Crippen molar-refractivity contribution in [2.45, 2.75) is 6.92 Å². The topological polar surface area (TPSA) is 25.4 Å². The van der Waals surface area contributed by atoms with Crippen LogP contribution in [0.15, 0.2) is 42.6 Å². The van der Waals surface area contributed by atoms with Gasteiger partial charge < -0.3 is 9.64 Å². The van der Waals surface area contributed by atoms with E-state index in [4.69, 9.17) is 4.74 Å². The Kier molecular flexibility index (Phi) is 4.53. The van der Waals surface area contributed by atoms with Gasteiger partial charge in [-0.2, -0.15) is 0 Å². The molecule has 0 aliphatic heterocycles. The van der Waals surface area contributed by atoms with Crippen molar-refractivity contribution in [2.75, 3.05) is 32.2 Å². The molecule has 2 aromatic rings. The van der Waals surface area contributed by atoms with E-state index in [0.29, 0.717) is 6.61 Å². The third-order valence-corrected chi connectivity index (χ3v) is 3.12. The monoisotopic (exact) mass is 256 g/mol. The highest BCUT2D eigenvalue weighted by Crippen LogP contribution is 2.21. The molecule has 0 atom stereocenters. The zero-order chi connectivity index (χ0) is 13.7. The first-order valence-corrected chi connectivity index (χ1v) is 6.44. The summed E-state index contributed by atoms with van der Waals surface area (Å²) in [7, 11) is 3.73. The molecule has 0 aliphatic rings. The number of benzene rings is 1. The van der Waals surface area contributed by atoms with Gasteiger partial charge in [-0.3, -0.25) is 0 Å². The predicted molar refractivity (Wildman–Crippen MR) is 79.6 cm³/mol. The van der Waals surface area contributed by atoms with Crippen molar-refractivity contribution in [3.63, 3.8) is 0 Å². The standard InChI is InChI=1S/C16H20N2O/c1-13-5-4-6-14(11-13)15-7-8-16(17-12-15)18(2)9-10-19-3/h4-8,11-12H,9-10H2,1-3H3. The second-order valence-corrected chi connectivity index (χ2v) is 4.69. The van der Waals surface area contributed by atoms with Crippen LogP contribution in [0.4, 0.5) is 5.82 Å². The summed E-state index contributed by atoms with van der Waals surface area (Å²) in [5, 5.41) is 0. The minimum absolute atomic E-state index is 0.706. The molecule has 0 fully saturated rings. The van der Waals surface area contributed by atoms with E-state index in [0.717, 1.165) is 17.9 Å².